The van der Waals surface area contributed by atoms with E-state index in [1.807, 2.05) is 0 Å². The lowest BCUT2D eigenvalue weighted by Gasteiger charge is -2.32. The van der Waals surface area contributed by atoms with Crippen LogP contribution >= 0.6 is 0 Å². The third-order valence-electron chi connectivity index (χ3n) is 16.3. The van der Waals surface area contributed by atoms with Crippen molar-refractivity contribution in [1.82, 2.24) is 0 Å². The highest BCUT2D eigenvalue weighted by molar-refractivity contribution is 6.04. The first kappa shape index (κ1) is 39.2. The van der Waals surface area contributed by atoms with Gasteiger partial charge < -0.3 is 4.90 Å². The van der Waals surface area contributed by atoms with Gasteiger partial charge in [0.2, 0.25) is 0 Å². The second kappa shape index (κ2) is 14.0. The normalized spacial score (nSPS) is 15.1. The molecule has 1 heteroatoms. The Bertz CT molecular complexity index is 3690. The average Bonchev–Trinajstić information content (AvgIpc) is 4.02. The summed E-state index contributed by atoms with van der Waals surface area (Å²) >= 11 is 0. The van der Waals surface area contributed by atoms with Crippen LogP contribution in [0.2, 0.25) is 0 Å². The minimum atomic E-state index is -0.452. The fraction of sp³-hybridized carbons (Fsp3) is 0.104. The first-order valence-corrected chi connectivity index (χ1v) is 24.2. The van der Waals surface area contributed by atoms with Crippen molar-refractivity contribution in [3.8, 4) is 66.8 Å². The molecule has 0 saturated carbocycles. The van der Waals surface area contributed by atoms with Crippen LogP contribution < -0.4 is 4.90 Å². The van der Waals surface area contributed by atoms with Crippen LogP contribution in [-0.4, -0.2) is 0 Å². The molecule has 0 saturated heterocycles. The smallest absolute Gasteiger partial charge is 0.0726 e. The van der Waals surface area contributed by atoms with Gasteiger partial charge in [-0.2, -0.15) is 0 Å². The molecule has 0 unspecified atom stereocenters. The van der Waals surface area contributed by atoms with Gasteiger partial charge in [-0.05, 0) is 137 Å². The van der Waals surface area contributed by atoms with Gasteiger partial charge in [-0.3, -0.25) is 0 Å². The van der Waals surface area contributed by atoms with E-state index in [-0.39, 0.29) is 10.8 Å². The van der Waals surface area contributed by atoms with E-state index in [1.165, 1.54) is 123 Å². The molecule has 0 radical (unpaired) electrons. The van der Waals surface area contributed by atoms with Crippen molar-refractivity contribution in [2.24, 2.45) is 0 Å². The van der Waals surface area contributed by atoms with Crippen LogP contribution in [0.5, 0.6) is 0 Å². The lowest BCUT2D eigenvalue weighted by atomic mass is 9.70. The number of benzene rings is 10. The van der Waals surface area contributed by atoms with Crippen LogP contribution in [0, 0.1) is 0 Å². The molecule has 14 rings (SSSR count). The third kappa shape index (κ3) is 5.11. The predicted molar refractivity (Wildman–Crippen MR) is 283 cm³/mol. The first-order chi connectivity index (χ1) is 33.3. The molecule has 0 bridgehead atoms. The van der Waals surface area contributed by atoms with E-state index in [2.05, 4.69) is 257 Å². The minimum absolute atomic E-state index is 0.0695. The molecule has 0 fully saturated rings. The topological polar surface area (TPSA) is 3.24 Å². The molecule has 0 atom stereocenters. The molecule has 10 aromatic rings. The standard InChI is InChI=1S/C67H49N/c1-65(2)53-24-12-8-20-47(53)50-38-34-45(40-59(50)65)43-32-36-46(37-33-43)68(61-30-16-28-57-63(61)52-39-35-44(41-60(52)66(57,3)4)42-18-6-5-7-19-42)62-31-17-29-58-64(62)51-23-11-15-27-56(51)67(58)54-25-13-9-21-48(54)49-22-10-14-26-55(49)67/h5-41H,1-4H3. The summed E-state index contributed by atoms with van der Waals surface area (Å²) in [4.78, 5) is 2.59. The Balaban J connectivity index is 1.00. The molecule has 4 aliphatic carbocycles. The number of hydrogen-bond acceptors (Lipinski definition) is 1. The Labute approximate surface area is 399 Å². The van der Waals surface area contributed by atoms with Crippen molar-refractivity contribution in [2.75, 3.05) is 4.90 Å². The highest BCUT2D eigenvalue weighted by Gasteiger charge is 2.52. The molecule has 0 aromatic heterocycles. The zero-order valence-electron chi connectivity index (χ0n) is 38.8. The van der Waals surface area contributed by atoms with E-state index in [9.17, 15) is 0 Å². The van der Waals surface area contributed by atoms with Gasteiger partial charge in [-0.25, -0.2) is 0 Å². The molecule has 322 valence electrons. The van der Waals surface area contributed by atoms with Crippen molar-refractivity contribution in [2.45, 2.75) is 43.9 Å². The van der Waals surface area contributed by atoms with E-state index in [1.54, 1.807) is 0 Å². The van der Waals surface area contributed by atoms with Crippen LogP contribution in [0.1, 0.15) is 72.2 Å². The van der Waals surface area contributed by atoms with Crippen LogP contribution in [0.25, 0.3) is 66.8 Å². The summed E-state index contributed by atoms with van der Waals surface area (Å²) in [5.74, 6) is 0. The van der Waals surface area contributed by atoms with E-state index in [0.717, 1.165) is 5.69 Å². The Hall–Kier alpha value is -8.00. The maximum atomic E-state index is 2.59. The number of anilines is 3. The monoisotopic (exact) mass is 867 g/mol. The fourth-order valence-corrected chi connectivity index (χ4v) is 13.2. The van der Waals surface area contributed by atoms with Crippen LogP contribution in [-0.2, 0) is 16.2 Å². The Morgan fingerprint density at radius 3 is 1.26 bits per heavy atom. The molecule has 0 N–H and O–H groups in total. The van der Waals surface area contributed by atoms with Gasteiger partial charge in [-0.1, -0.05) is 216 Å². The molecular formula is C67H49N. The van der Waals surface area contributed by atoms with Gasteiger partial charge in [-0.15, -0.1) is 0 Å². The molecule has 0 aliphatic heterocycles. The lowest BCUT2D eigenvalue weighted by molar-refractivity contribution is 0.660. The number of nitrogens with zero attached hydrogens (tertiary/aromatic N) is 1. The van der Waals surface area contributed by atoms with Crippen LogP contribution in [0.3, 0.4) is 0 Å². The van der Waals surface area contributed by atoms with E-state index in [4.69, 9.17) is 0 Å². The molecule has 68 heavy (non-hydrogen) atoms. The third-order valence-corrected chi connectivity index (χ3v) is 16.3. The van der Waals surface area contributed by atoms with Gasteiger partial charge in [0.1, 0.15) is 0 Å². The zero-order valence-corrected chi connectivity index (χ0v) is 38.8. The van der Waals surface area contributed by atoms with Gasteiger partial charge in [0.15, 0.2) is 0 Å². The van der Waals surface area contributed by atoms with Crippen molar-refractivity contribution in [3.05, 3.63) is 269 Å². The van der Waals surface area contributed by atoms with Crippen LogP contribution in [0.4, 0.5) is 17.1 Å². The van der Waals surface area contributed by atoms with Crippen molar-refractivity contribution < 1.29 is 0 Å². The van der Waals surface area contributed by atoms with Crippen molar-refractivity contribution >= 4 is 17.1 Å². The van der Waals surface area contributed by atoms with E-state index in [0.29, 0.717) is 0 Å². The summed E-state index contributed by atoms with van der Waals surface area (Å²) in [6.07, 6.45) is 0. The van der Waals surface area contributed by atoms with Gasteiger partial charge >= 0.3 is 0 Å². The SMILES string of the molecule is CC1(C)c2ccccc2-c2ccc(-c3ccc(N(c4cccc5c4-c4ccc(-c6ccccc6)cc4C5(C)C)c4cccc5c4-c4ccccc4C54c5ccccc5-c5ccccc54)cc3)cc21. The number of rotatable bonds is 5. The van der Waals surface area contributed by atoms with Gasteiger partial charge in [0.05, 0.1) is 16.8 Å². The Morgan fingerprint density at radius 2 is 0.647 bits per heavy atom. The van der Waals surface area contributed by atoms with Gasteiger partial charge in [0, 0.05) is 27.6 Å². The quantitative estimate of drug-likeness (QED) is 0.167. The second-order valence-electron chi connectivity index (χ2n) is 20.4. The Morgan fingerprint density at radius 1 is 0.265 bits per heavy atom. The molecular weight excluding hydrogens is 819 g/mol. The summed E-state index contributed by atoms with van der Waals surface area (Å²) < 4.78 is 0. The Kier molecular flexibility index (Phi) is 8.08. The summed E-state index contributed by atoms with van der Waals surface area (Å²) in [6.45, 7) is 9.54. The van der Waals surface area contributed by atoms with Crippen molar-refractivity contribution in [3.63, 3.8) is 0 Å². The van der Waals surface area contributed by atoms with Gasteiger partial charge in [0.25, 0.3) is 0 Å². The van der Waals surface area contributed by atoms with E-state index >= 15 is 0 Å². The predicted octanol–water partition coefficient (Wildman–Crippen LogP) is 17.4. The number of fused-ring (bicyclic) bond motifs is 16. The van der Waals surface area contributed by atoms with E-state index < -0.39 is 5.41 Å². The highest BCUT2D eigenvalue weighted by atomic mass is 15.1. The summed E-state index contributed by atoms with van der Waals surface area (Å²) in [5.41, 5.74) is 29.1. The summed E-state index contributed by atoms with van der Waals surface area (Å²) in [6, 6.07) is 84.9. The molecule has 0 heterocycles. The fourth-order valence-electron chi connectivity index (χ4n) is 13.2. The number of hydrogen-bond donors (Lipinski definition) is 0. The molecule has 1 spiro atoms. The molecule has 0 amide bonds. The lowest BCUT2D eigenvalue weighted by Crippen LogP contribution is -2.26. The zero-order chi connectivity index (χ0) is 45.5. The second-order valence-corrected chi connectivity index (χ2v) is 20.4. The molecule has 10 aromatic carbocycles. The minimum Gasteiger partial charge on any atom is -0.309 e. The van der Waals surface area contributed by atoms with Crippen molar-refractivity contribution in [1.29, 1.82) is 0 Å². The first-order valence-electron chi connectivity index (χ1n) is 24.2. The largest absolute Gasteiger partial charge is 0.309 e. The maximum Gasteiger partial charge on any atom is 0.0726 e. The maximum absolute atomic E-state index is 2.59. The summed E-state index contributed by atoms with van der Waals surface area (Å²) in [7, 11) is 0. The summed E-state index contributed by atoms with van der Waals surface area (Å²) in [5, 5.41) is 0. The molecule has 4 aliphatic rings. The van der Waals surface area contributed by atoms with Crippen LogP contribution in [0.15, 0.2) is 224 Å². The average molecular weight is 868 g/mol. The molecule has 1 nitrogen and oxygen atoms in total. The highest BCUT2D eigenvalue weighted by Crippen LogP contribution is 2.65.